The van der Waals surface area contributed by atoms with E-state index in [0.29, 0.717) is 6.42 Å². The van der Waals surface area contributed by atoms with Gasteiger partial charge in [-0.25, -0.2) is 0 Å². The monoisotopic (exact) mass is 377 g/mol. The van der Waals surface area contributed by atoms with E-state index < -0.39 is 0 Å². The fourth-order valence-electron chi connectivity index (χ4n) is 3.82. The minimum Gasteiger partial charge on any atom is -0.497 e. The molecule has 0 radical (unpaired) electrons. The molecule has 0 unspecified atom stereocenters. The number of carbonyl (C=O) groups is 1. The van der Waals surface area contributed by atoms with Crippen molar-refractivity contribution >= 4 is 5.91 Å². The van der Waals surface area contributed by atoms with Crippen LogP contribution in [0.4, 0.5) is 0 Å². The number of terminal acetylenes is 1. The van der Waals surface area contributed by atoms with Gasteiger partial charge in [0.15, 0.2) is 0 Å². The van der Waals surface area contributed by atoms with Crippen molar-refractivity contribution in [2.24, 2.45) is 0 Å². The summed E-state index contributed by atoms with van der Waals surface area (Å²) < 4.78 is 5.43. The molecule has 2 aromatic rings. The zero-order valence-corrected chi connectivity index (χ0v) is 16.7. The van der Waals surface area contributed by atoms with Crippen LogP contribution in [-0.4, -0.2) is 35.6 Å². The second-order valence-corrected chi connectivity index (χ2v) is 7.08. The molecule has 1 aliphatic heterocycles. The molecule has 2 heterocycles. The Kier molecular flexibility index (Phi) is 6.33. The first kappa shape index (κ1) is 19.9. The predicted molar refractivity (Wildman–Crippen MR) is 110 cm³/mol. The van der Waals surface area contributed by atoms with Crippen LogP contribution in [-0.2, 0) is 11.2 Å². The van der Waals surface area contributed by atoms with Crippen LogP contribution in [0.5, 0.6) is 5.75 Å². The number of ether oxygens (including phenoxy) is 1. The lowest BCUT2D eigenvalue weighted by atomic mass is 9.86. The number of unbranched alkanes of at least 4 members (excludes halogenated alkanes) is 1. The van der Waals surface area contributed by atoms with Gasteiger partial charge in [-0.1, -0.05) is 19.4 Å². The number of fused-ring (bicyclic) bond motifs is 1. The van der Waals surface area contributed by atoms with Gasteiger partial charge in [0.25, 0.3) is 5.91 Å². The summed E-state index contributed by atoms with van der Waals surface area (Å²) in [5.41, 5.74) is 4.14. The molecule has 28 heavy (non-hydrogen) atoms. The van der Waals surface area contributed by atoms with E-state index in [4.69, 9.17) is 11.2 Å². The van der Waals surface area contributed by atoms with E-state index in [0.717, 1.165) is 47.5 Å². The average molecular weight is 377 g/mol. The molecule has 0 saturated heterocycles. The van der Waals surface area contributed by atoms with Gasteiger partial charge in [-0.3, -0.25) is 15.1 Å². The van der Waals surface area contributed by atoms with Gasteiger partial charge in [-0.15, -0.1) is 6.42 Å². The van der Waals surface area contributed by atoms with Crippen molar-refractivity contribution < 1.29 is 9.53 Å². The van der Waals surface area contributed by atoms with Crippen molar-refractivity contribution in [1.29, 1.82) is 0 Å². The SMILES string of the molecule is C#CC(=O)N1[C@@H](c2ccnc(C)c2)c2ccc(OC)cc2C[C@@H]1NCCCC. The van der Waals surface area contributed by atoms with E-state index in [9.17, 15) is 4.79 Å². The van der Waals surface area contributed by atoms with Crippen LogP contribution in [0.3, 0.4) is 0 Å². The third-order valence-electron chi connectivity index (χ3n) is 5.18. The van der Waals surface area contributed by atoms with Crippen molar-refractivity contribution in [2.75, 3.05) is 13.7 Å². The van der Waals surface area contributed by atoms with Crippen LogP contribution in [0.2, 0.25) is 0 Å². The quantitative estimate of drug-likeness (QED) is 0.620. The molecule has 0 bridgehead atoms. The molecular formula is C23H27N3O2. The molecule has 1 aliphatic rings. The lowest BCUT2D eigenvalue weighted by Crippen LogP contribution is -2.54. The van der Waals surface area contributed by atoms with E-state index in [1.165, 1.54) is 0 Å². The number of hydrogen-bond donors (Lipinski definition) is 1. The van der Waals surface area contributed by atoms with Gasteiger partial charge in [0.05, 0.1) is 19.3 Å². The Hall–Kier alpha value is -2.84. The van der Waals surface area contributed by atoms with Gasteiger partial charge in [-0.05, 0) is 66.8 Å². The maximum atomic E-state index is 12.8. The van der Waals surface area contributed by atoms with E-state index in [1.807, 2.05) is 31.2 Å². The van der Waals surface area contributed by atoms with Crippen LogP contribution < -0.4 is 10.1 Å². The first-order valence-electron chi connectivity index (χ1n) is 9.70. The zero-order valence-electron chi connectivity index (χ0n) is 16.7. The van der Waals surface area contributed by atoms with Gasteiger partial charge in [0, 0.05) is 18.3 Å². The number of hydrogen-bond acceptors (Lipinski definition) is 4. The number of amides is 1. The molecular weight excluding hydrogens is 350 g/mol. The topological polar surface area (TPSA) is 54.5 Å². The summed E-state index contributed by atoms with van der Waals surface area (Å²) in [6, 6.07) is 9.74. The highest BCUT2D eigenvalue weighted by Gasteiger charge is 2.38. The molecule has 0 saturated carbocycles. The molecule has 146 valence electrons. The normalized spacial score (nSPS) is 18.3. The number of rotatable bonds is 6. The van der Waals surface area contributed by atoms with E-state index >= 15 is 0 Å². The van der Waals surface area contributed by atoms with Gasteiger partial charge >= 0.3 is 0 Å². The van der Waals surface area contributed by atoms with Crippen molar-refractivity contribution in [3.63, 3.8) is 0 Å². The number of nitrogens with zero attached hydrogens (tertiary/aromatic N) is 2. The van der Waals surface area contributed by atoms with Crippen molar-refractivity contribution in [1.82, 2.24) is 15.2 Å². The predicted octanol–water partition coefficient (Wildman–Crippen LogP) is 3.22. The van der Waals surface area contributed by atoms with Crippen molar-refractivity contribution in [3.05, 3.63) is 58.9 Å². The highest BCUT2D eigenvalue weighted by molar-refractivity contribution is 5.94. The highest BCUT2D eigenvalue weighted by Crippen LogP contribution is 2.38. The van der Waals surface area contributed by atoms with Crippen molar-refractivity contribution in [2.45, 2.75) is 45.3 Å². The lowest BCUT2D eigenvalue weighted by molar-refractivity contribution is -0.130. The average Bonchev–Trinajstić information content (AvgIpc) is 2.71. The van der Waals surface area contributed by atoms with Gasteiger partial charge in [0.2, 0.25) is 0 Å². The number of carbonyl (C=O) groups excluding carboxylic acids is 1. The Morgan fingerprint density at radius 2 is 2.21 bits per heavy atom. The summed E-state index contributed by atoms with van der Waals surface area (Å²) >= 11 is 0. The minimum absolute atomic E-state index is 0.173. The Balaban J connectivity index is 2.12. The van der Waals surface area contributed by atoms with Crippen LogP contribution in [0, 0.1) is 19.3 Å². The molecule has 1 aromatic heterocycles. The Morgan fingerprint density at radius 1 is 1.39 bits per heavy atom. The number of methoxy groups -OCH3 is 1. The Morgan fingerprint density at radius 3 is 2.89 bits per heavy atom. The molecule has 3 rings (SSSR count). The number of aryl methyl sites for hydroxylation is 1. The molecule has 1 aromatic carbocycles. The summed E-state index contributed by atoms with van der Waals surface area (Å²) in [6.45, 7) is 4.93. The smallest absolute Gasteiger partial charge is 0.300 e. The summed E-state index contributed by atoms with van der Waals surface area (Å²) in [6.07, 6.45) is 9.97. The van der Waals surface area contributed by atoms with E-state index in [2.05, 4.69) is 29.2 Å². The fourth-order valence-corrected chi connectivity index (χ4v) is 3.82. The number of nitrogens with one attached hydrogen (secondary N) is 1. The van der Waals surface area contributed by atoms with Gasteiger partial charge in [-0.2, -0.15) is 0 Å². The zero-order chi connectivity index (χ0) is 20.1. The Labute approximate surface area is 167 Å². The van der Waals surface area contributed by atoms with Gasteiger partial charge in [0.1, 0.15) is 5.75 Å². The molecule has 1 amide bonds. The van der Waals surface area contributed by atoms with Crippen LogP contribution in [0.15, 0.2) is 36.5 Å². The molecule has 2 atom stereocenters. The van der Waals surface area contributed by atoms with Crippen LogP contribution >= 0.6 is 0 Å². The molecule has 5 nitrogen and oxygen atoms in total. The van der Waals surface area contributed by atoms with Crippen molar-refractivity contribution in [3.8, 4) is 18.1 Å². The summed E-state index contributed by atoms with van der Waals surface area (Å²) in [7, 11) is 1.67. The largest absolute Gasteiger partial charge is 0.497 e. The molecule has 1 N–H and O–H groups in total. The molecule has 0 spiro atoms. The van der Waals surface area contributed by atoms with E-state index in [-0.39, 0.29) is 18.1 Å². The first-order valence-corrected chi connectivity index (χ1v) is 9.70. The molecule has 5 heteroatoms. The second kappa shape index (κ2) is 8.90. The highest BCUT2D eigenvalue weighted by atomic mass is 16.5. The number of benzene rings is 1. The van der Waals surface area contributed by atoms with E-state index in [1.54, 1.807) is 18.2 Å². The fraction of sp³-hybridized carbons (Fsp3) is 0.391. The standard InChI is InChI=1S/C23H27N3O2/c1-5-7-11-25-21-15-18-14-19(28-4)8-9-20(18)23(26(21)22(27)6-2)17-10-12-24-16(3)13-17/h2,8-10,12-14,21,23,25H,5,7,11,15H2,1,3-4H3/t21-,23+/m1/s1. The summed E-state index contributed by atoms with van der Waals surface area (Å²) in [5, 5.41) is 3.53. The maximum Gasteiger partial charge on any atom is 0.300 e. The number of pyridine rings is 1. The summed E-state index contributed by atoms with van der Waals surface area (Å²) in [4.78, 5) is 18.9. The molecule has 0 fully saturated rings. The third-order valence-corrected chi connectivity index (χ3v) is 5.18. The third kappa shape index (κ3) is 4.02. The second-order valence-electron chi connectivity index (χ2n) is 7.08. The Bertz CT molecular complexity index is 888. The molecule has 0 aliphatic carbocycles. The first-order chi connectivity index (χ1) is 13.6. The number of aromatic nitrogens is 1. The lowest BCUT2D eigenvalue weighted by Gasteiger charge is -2.43. The maximum absolute atomic E-state index is 12.8. The summed E-state index contributed by atoms with van der Waals surface area (Å²) in [5.74, 6) is 2.83. The van der Waals surface area contributed by atoms with Crippen LogP contribution in [0.1, 0.15) is 48.2 Å². The van der Waals surface area contributed by atoms with Gasteiger partial charge < -0.3 is 9.64 Å². The minimum atomic E-state index is -0.310. The van der Waals surface area contributed by atoms with Crippen LogP contribution in [0.25, 0.3) is 0 Å².